The summed E-state index contributed by atoms with van der Waals surface area (Å²) in [6.45, 7) is -0.737. The first-order valence-corrected chi connectivity index (χ1v) is 8.30. The van der Waals surface area contributed by atoms with Crippen molar-refractivity contribution in [3.05, 3.63) is 52.9 Å². The van der Waals surface area contributed by atoms with E-state index < -0.39 is 6.61 Å². The van der Waals surface area contributed by atoms with Crippen LogP contribution in [0.5, 0.6) is 11.5 Å². The van der Waals surface area contributed by atoms with Gasteiger partial charge in [-0.1, -0.05) is 22.8 Å². The van der Waals surface area contributed by atoms with Crippen LogP contribution in [0.1, 0.15) is 11.5 Å². The van der Waals surface area contributed by atoms with Crippen LogP contribution in [-0.2, 0) is 6.54 Å². The predicted octanol–water partition coefficient (Wildman–Crippen LogP) is 4.92. The van der Waals surface area contributed by atoms with Crippen LogP contribution in [-0.4, -0.2) is 23.9 Å². The van der Waals surface area contributed by atoms with Crippen molar-refractivity contribution in [1.29, 1.82) is 0 Å². The molecule has 142 valence electrons. The Morgan fingerprint density at radius 3 is 2.78 bits per heavy atom. The minimum Gasteiger partial charge on any atom is -0.493 e. The first kappa shape index (κ1) is 18.9. The molecule has 0 atom stereocenters. The smallest absolute Gasteiger partial charge is 0.387 e. The summed E-state index contributed by atoms with van der Waals surface area (Å²) in [6.07, 6.45) is 0. The predicted molar refractivity (Wildman–Crippen MR) is 96.4 cm³/mol. The van der Waals surface area contributed by atoms with Crippen LogP contribution >= 0.6 is 11.6 Å². The molecule has 1 aromatic heterocycles. The number of ether oxygens (including phenoxy) is 2. The Morgan fingerprint density at radius 2 is 2.04 bits per heavy atom. The van der Waals surface area contributed by atoms with E-state index >= 15 is 0 Å². The topological polar surface area (TPSA) is 69.4 Å². The molecule has 6 nitrogen and oxygen atoms in total. The molecule has 27 heavy (non-hydrogen) atoms. The minimum atomic E-state index is -2.94. The van der Waals surface area contributed by atoms with Gasteiger partial charge in [0.05, 0.1) is 13.7 Å². The Morgan fingerprint density at radius 1 is 1.22 bits per heavy atom. The number of halogens is 3. The van der Waals surface area contributed by atoms with Gasteiger partial charge >= 0.3 is 6.61 Å². The summed E-state index contributed by atoms with van der Waals surface area (Å²) in [5, 5.41) is 7.74. The fourth-order valence-electron chi connectivity index (χ4n) is 2.41. The van der Waals surface area contributed by atoms with Crippen molar-refractivity contribution in [2.24, 2.45) is 0 Å². The molecule has 0 aliphatic heterocycles. The molecule has 0 saturated carbocycles. The van der Waals surface area contributed by atoms with Crippen LogP contribution in [0.2, 0.25) is 5.02 Å². The van der Waals surface area contributed by atoms with Crippen molar-refractivity contribution >= 4 is 17.3 Å². The lowest BCUT2D eigenvalue weighted by molar-refractivity contribution is -0.0512. The molecule has 0 spiro atoms. The van der Waals surface area contributed by atoms with E-state index in [9.17, 15) is 8.78 Å². The lowest BCUT2D eigenvalue weighted by Crippen LogP contribution is -2.03. The zero-order valence-corrected chi connectivity index (χ0v) is 15.3. The summed E-state index contributed by atoms with van der Waals surface area (Å²) < 4.78 is 39.5. The molecule has 3 aromatic rings. The first-order chi connectivity index (χ1) is 13.0. The van der Waals surface area contributed by atoms with Gasteiger partial charge in [0.1, 0.15) is 0 Å². The summed E-state index contributed by atoms with van der Waals surface area (Å²) in [4.78, 5) is 4.30. The third kappa shape index (κ3) is 4.46. The van der Waals surface area contributed by atoms with Gasteiger partial charge in [-0.3, -0.25) is 0 Å². The molecule has 1 heterocycles. The highest BCUT2D eigenvalue weighted by atomic mass is 35.5. The number of hydrogen-bond acceptors (Lipinski definition) is 6. The highest BCUT2D eigenvalue weighted by molar-refractivity contribution is 6.31. The number of aromatic nitrogens is 2. The fraction of sp³-hybridized carbons (Fsp3) is 0.222. The number of anilines is 1. The van der Waals surface area contributed by atoms with Crippen molar-refractivity contribution < 1.29 is 22.8 Å². The van der Waals surface area contributed by atoms with Crippen LogP contribution in [0.25, 0.3) is 11.4 Å². The second-order valence-corrected chi connectivity index (χ2v) is 5.93. The van der Waals surface area contributed by atoms with Crippen LogP contribution < -0.4 is 14.8 Å². The van der Waals surface area contributed by atoms with Gasteiger partial charge in [-0.15, -0.1) is 0 Å². The molecule has 0 aliphatic rings. The highest BCUT2D eigenvalue weighted by Crippen LogP contribution is 2.32. The molecule has 0 fully saturated rings. The number of nitrogens with one attached hydrogen (secondary N) is 1. The first-order valence-electron chi connectivity index (χ1n) is 7.92. The summed E-state index contributed by atoms with van der Waals surface area (Å²) >= 11 is 6.09. The molecule has 0 aliphatic carbocycles. The molecule has 3 rings (SSSR count). The summed E-state index contributed by atoms with van der Waals surface area (Å²) in [5.41, 5.74) is 2.32. The van der Waals surface area contributed by atoms with Gasteiger partial charge in [0.25, 0.3) is 0 Å². The average Bonchev–Trinajstić information content (AvgIpc) is 3.12. The maximum absolute atomic E-state index is 12.4. The van der Waals surface area contributed by atoms with Crippen LogP contribution in [0.4, 0.5) is 14.5 Å². The van der Waals surface area contributed by atoms with Crippen molar-refractivity contribution in [3.63, 3.8) is 0 Å². The van der Waals surface area contributed by atoms with Gasteiger partial charge in [0.2, 0.25) is 11.7 Å². The Bertz CT molecular complexity index is 934. The van der Waals surface area contributed by atoms with E-state index in [1.807, 2.05) is 25.1 Å². The lowest BCUT2D eigenvalue weighted by Gasteiger charge is -2.10. The Labute approximate surface area is 159 Å². The second-order valence-electron chi connectivity index (χ2n) is 5.52. The van der Waals surface area contributed by atoms with Gasteiger partial charge < -0.3 is 19.3 Å². The highest BCUT2D eigenvalue weighted by Gasteiger charge is 2.15. The quantitative estimate of drug-likeness (QED) is 0.612. The zero-order chi connectivity index (χ0) is 19.4. The van der Waals surface area contributed by atoms with Gasteiger partial charge in [-0.2, -0.15) is 13.8 Å². The van der Waals surface area contributed by atoms with E-state index in [0.29, 0.717) is 28.8 Å². The van der Waals surface area contributed by atoms with Crippen molar-refractivity contribution in [2.45, 2.75) is 20.1 Å². The minimum absolute atomic E-state index is 0.0712. The molecule has 0 bridgehead atoms. The molecule has 0 unspecified atom stereocenters. The van der Waals surface area contributed by atoms with E-state index in [2.05, 4.69) is 20.2 Å². The average molecular weight is 396 g/mol. The SMILES string of the molecule is COc1cc(-c2noc(CNc3cccc(Cl)c3C)n2)ccc1OC(F)F. The third-order valence-corrected chi connectivity index (χ3v) is 4.21. The number of nitrogens with zero attached hydrogens (tertiary/aromatic N) is 2. The molecule has 9 heteroatoms. The molecule has 0 radical (unpaired) electrons. The number of hydrogen-bond donors (Lipinski definition) is 1. The molecular weight excluding hydrogens is 380 g/mol. The van der Waals surface area contributed by atoms with Crippen molar-refractivity contribution in [1.82, 2.24) is 10.1 Å². The molecule has 1 N–H and O–H groups in total. The molecule has 2 aromatic carbocycles. The van der Waals surface area contributed by atoms with Gasteiger partial charge in [0, 0.05) is 16.3 Å². The molecular formula is C18H16ClF2N3O3. The standard InChI is InChI=1S/C18H16ClF2N3O3/c1-10-12(19)4-3-5-13(10)22-9-16-23-17(24-27-16)11-6-7-14(26-18(20)21)15(8-11)25-2/h3-8,18,22H,9H2,1-2H3. The number of methoxy groups -OCH3 is 1. The normalized spacial score (nSPS) is 10.9. The summed E-state index contributed by atoms with van der Waals surface area (Å²) in [7, 11) is 1.36. The molecule has 0 amide bonds. The van der Waals surface area contributed by atoms with E-state index in [4.69, 9.17) is 20.9 Å². The maximum Gasteiger partial charge on any atom is 0.387 e. The maximum atomic E-state index is 12.4. The summed E-state index contributed by atoms with van der Waals surface area (Å²) in [5.74, 6) is 0.734. The number of rotatable bonds is 7. The number of alkyl halides is 2. The van der Waals surface area contributed by atoms with Crippen LogP contribution in [0.3, 0.4) is 0 Å². The van der Waals surface area contributed by atoms with Gasteiger partial charge in [0.15, 0.2) is 11.5 Å². The van der Waals surface area contributed by atoms with Crippen LogP contribution in [0.15, 0.2) is 40.9 Å². The second kappa shape index (κ2) is 8.22. The third-order valence-electron chi connectivity index (χ3n) is 3.80. The van der Waals surface area contributed by atoms with Gasteiger partial charge in [-0.05, 0) is 42.8 Å². The van der Waals surface area contributed by atoms with Crippen molar-refractivity contribution in [3.8, 4) is 22.9 Å². The summed E-state index contributed by atoms with van der Waals surface area (Å²) in [6, 6.07) is 9.95. The van der Waals surface area contributed by atoms with Crippen molar-refractivity contribution in [2.75, 3.05) is 12.4 Å². The molecule has 0 saturated heterocycles. The van der Waals surface area contributed by atoms with E-state index in [1.165, 1.54) is 19.2 Å². The number of benzene rings is 2. The van der Waals surface area contributed by atoms with E-state index in [-0.39, 0.29) is 11.5 Å². The van der Waals surface area contributed by atoms with Gasteiger partial charge in [-0.25, -0.2) is 0 Å². The zero-order valence-electron chi connectivity index (χ0n) is 14.5. The van der Waals surface area contributed by atoms with E-state index in [1.54, 1.807) is 6.07 Å². The Balaban J connectivity index is 1.74. The van der Waals surface area contributed by atoms with Crippen LogP contribution in [0, 0.1) is 6.92 Å². The Hall–Kier alpha value is -2.87. The largest absolute Gasteiger partial charge is 0.493 e. The lowest BCUT2D eigenvalue weighted by atomic mass is 10.2. The monoisotopic (exact) mass is 395 g/mol. The van der Waals surface area contributed by atoms with E-state index in [0.717, 1.165) is 11.3 Å². The Kier molecular flexibility index (Phi) is 5.75. The fourth-order valence-corrected chi connectivity index (χ4v) is 2.59.